The summed E-state index contributed by atoms with van der Waals surface area (Å²) in [7, 11) is -2.86. The molecule has 1 rings (SSSR count). The lowest BCUT2D eigenvalue weighted by Gasteiger charge is -2.14. The number of halogens is 1. The molecule has 0 unspecified atom stereocenters. The van der Waals surface area contributed by atoms with Crippen LogP contribution < -0.4 is 0 Å². The van der Waals surface area contributed by atoms with Crippen LogP contribution in [0.4, 0.5) is 0 Å². The Bertz CT molecular complexity index is 653. The Balaban J connectivity index is 2.90. The minimum atomic E-state index is -1.43. The molecule has 0 aromatic heterocycles. The Morgan fingerprint density at radius 2 is 1.11 bits per heavy atom. The first-order valence-corrected chi connectivity index (χ1v) is 17.7. The molecule has 0 aliphatic rings. The summed E-state index contributed by atoms with van der Waals surface area (Å²) >= 11 is 3.64. The highest BCUT2D eigenvalue weighted by Crippen LogP contribution is 2.18. The van der Waals surface area contributed by atoms with E-state index in [9.17, 15) is 0 Å². The second-order valence-corrected chi connectivity index (χ2v) is 18.9. The molecule has 0 aliphatic carbocycles. The molecule has 0 spiro atoms. The Morgan fingerprint density at radius 1 is 0.704 bits per heavy atom. The van der Waals surface area contributed by atoms with Crippen LogP contribution in [0.3, 0.4) is 0 Å². The molecule has 0 aliphatic heterocycles. The van der Waals surface area contributed by atoms with Crippen molar-refractivity contribution < 1.29 is 0 Å². The lowest BCUT2D eigenvalue weighted by molar-refractivity contribution is 0.764. The molecule has 0 heterocycles. The Labute approximate surface area is 179 Å². The van der Waals surface area contributed by atoms with Crippen LogP contribution in [-0.4, -0.2) is 16.1 Å². The third kappa shape index (κ3) is 11.0. The SMILES string of the molecule is CCCCC[Si](C)(C)C#Cc1cc(Br)cc(C#C[Si](C)(C)CCCCC)c1. The van der Waals surface area contributed by atoms with Gasteiger partial charge in [-0.3, -0.25) is 0 Å². The molecule has 0 radical (unpaired) electrons. The van der Waals surface area contributed by atoms with Crippen molar-refractivity contribution in [3.8, 4) is 22.9 Å². The molecule has 1 aromatic rings. The molecule has 0 atom stereocenters. The summed E-state index contributed by atoms with van der Waals surface area (Å²) in [6.07, 6.45) is 7.85. The molecule has 0 N–H and O–H groups in total. The van der Waals surface area contributed by atoms with Crippen molar-refractivity contribution in [3.63, 3.8) is 0 Å². The van der Waals surface area contributed by atoms with Crippen LogP contribution >= 0.6 is 15.9 Å². The van der Waals surface area contributed by atoms with Gasteiger partial charge in [0.1, 0.15) is 16.1 Å². The first-order chi connectivity index (χ1) is 12.7. The molecule has 1 aromatic carbocycles. The van der Waals surface area contributed by atoms with Gasteiger partial charge in [0, 0.05) is 15.6 Å². The average molecular weight is 462 g/mol. The van der Waals surface area contributed by atoms with Crippen molar-refractivity contribution in [2.45, 2.75) is 90.6 Å². The zero-order valence-electron chi connectivity index (χ0n) is 18.3. The summed E-state index contributed by atoms with van der Waals surface area (Å²) in [5, 5.41) is 0. The van der Waals surface area contributed by atoms with Crippen molar-refractivity contribution >= 4 is 32.1 Å². The Morgan fingerprint density at radius 3 is 1.48 bits per heavy atom. The summed E-state index contributed by atoms with van der Waals surface area (Å²) in [5.41, 5.74) is 9.43. The third-order valence-corrected chi connectivity index (χ3v) is 10.1. The molecular formula is C24H37BrSi2. The number of hydrogen-bond donors (Lipinski definition) is 0. The van der Waals surface area contributed by atoms with Gasteiger partial charge >= 0.3 is 0 Å². The van der Waals surface area contributed by atoms with E-state index in [1.54, 1.807) is 0 Å². The van der Waals surface area contributed by atoms with Gasteiger partial charge in [0.2, 0.25) is 0 Å². The van der Waals surface area contributed by atoms with Crippen molar-refractivity contribution in [1.29, 1.82) is 0 Å². The molecule has 0 nitrogen and oxygen atoms in total. The van der Waals surface area contributed by atoms with E-state index in [0.717, 1.165) is 15.6 Å². The van der Waals surface area contributed by atoms with E-state index in [1.165, 1.54) is 50.6 Å². The smallest absolute Gasteiger partial charge is 0.126 e. The third-order valence-electron chi connectivity index (χ3n) is 4.80. The van der Waals surface area contributed by atoms with Crippen LogP contribution in [0.1, 0.15) is 63.5 Å². The number of hydrogen-bond acceptors (Lipinski definition) is 0. The van der Waals surface area contributed by atoms with Gasteiger partial charge in [-0.25, -0.2) is 0 Å². The summed E-state index contributed by atoms with van der Waals surface area (Å²) in [6.45, 7) is 14.1. The predicted molar refractivity (Wildman–Crippen MR) is 132 cm³/mol. The fourth-order valence-corrected chi connectivity index (χ4v) is 6.95. The minimum absolute atomic E-state index is 1.08. The van der Waals surface area contributed by atoms with Gasteiger partial charge in [0.05, 0.1) is 0 Å². The van der Waals surface area contributed by atoms with Crippen LogP contribution in [-0.2, 0) is 0 Å². The Hall–Kier alpha value is -0.746. The second-order valence-electron chi connectivity index (χ2n) is 8.91. The number of rotatable bonds is 8. The maximum Gasteiger partial charge on any atom is 0.132 e. The molecule has 0 fully saturated rings. The lowest BCUT2D eigenvalue weighted by Crippen LogP contribution is -2.22. The molecule has 3 heteroatoms. The van der Waals surface area contributed by atoms with Crippen LogP contribution in [0.25, 0.3) is 0 Å². The molecule has 0 saturated heterocycles. The van der Waals surface area contributed by atoms with E-state index in [-0.39, 0.29) is 0 Å². The van der Waals surface area contributed by atoms with Crippen molar-refractivity contribution in [2.24, 2.45) is 0 Å². The van der Waals surface area contributed by atoms with Gasteiger partial charge in [0.15, 0.2) is 0 Å². The van der Waals surface area contributed by atoms with E-state index in [4.69, 9.17) is 0 Å². The van der Waals surface area contributed by atoms with Gasteiger partial charge < -0.3 is 0 Å². The fourth-order valence-electron chi connectivity index (χ4n) is 2.98. The molecular weight excluding hydrogens is 424 g/mol. The Kier molecular flexibility index (Phi) is 10.8. The standard InChI is InChI=1S/C24H37BrSi2/c1-7-9-11-15-26(3,4)17-13-22-19-23(21-24(25)20-22)14-18-27(5,6)16-12-10-8-2/h19-21H,7-12,15-16H2,1-6H3. The van der Waals surface area contributed by atoms with Gasteiger partial charge in [-0.2, -0.15) is 0 Å². The normalized spacial score (nSPS) is 11.4. The van der Waals surface area contributed by atoms with E-state index >= 15 is 0 Å². The van der Waals surface area contributed by atoms with Crippen LogP contribution in [0.2, 0.25) is 38.3 Å². The number of benzene rings is 1. The lowest BCUT2D eigenvalue weighted by atomic mass is 10.1. The van der Waals surface area contributed by atoms with E-state index in [0.29, 0.717) is 0 Å². The molecule has 0 amide bonds. The zero-order chi connectivity index (χ0) is 20.3. The molecule has 27 heavy (non-hydrogen) atoms. The van der Waals surface area contributed by atoms with Crippen molar-refractivity contribution in [3.05, 3.63) is 33.8 Å². The highest BCUT2D eigenvalue weighted by molar-refractivity contribution is 9.10. The van der Waals surface area contributed by atoms with Gasteiger partial charge in [-0.1, -0.05) is 106 Å². The number of unbranched alkanes of at least 4 members (excludes halogenated alkanes) is 4. The van der Waals surface area contributed by atoms with Crippen molar-refractivity contribution in [2.75, 3.05) is 0 Å². The summed E-state index contributed by atoms with van der Waals surface area (Å²) in [5.74, 6) is 6.91. The fraction of sp³-hybridized carbons (Fsp3) is 0.583. The highest BCUT2D eigenvalue weighted by atomic mass is 79.9. The monoisotopic (exact) mass is 460 g/mol. The minimum Gasteiger partial charge on any atom is -0.126 e. The highest BCUT2D eigenvalue weighted by Gasteiger charge is 2.17. The predicted octanol–water partition coefficient (Wildman–Crippen LogP) is 8.03. The largest absolute Gasteiger partial charge is 0.132 e. The van der Waals surface area contributed by atoms with E-state index < -0.39 is 16.1 Å². The summed E-state index contributed by atoms with van der Waals surface area (Å²) < 4.78 is 1.08. The zero-order valence-corrected chi connectivity index (χ0v) is 21.9. The van der Waals surface area contributed by atoms with Crippen LogP contribution in [0.15, 0.2) is 22.7 Å². The average Bonchev–Trinajstić information content (AvgIpc) is 2.58. The van der Waals surface area contributed by atoms with Crippen LogP contribution in [0.5, 0.6) is 0 Å². The maximum absolute atomic E-state index is 3.64. The molecule has 0 saturated carbocycles. The van der Waals surface area contributed by atoms with Gasteiger partial charge in [0.25, 0.3) is 0 Å². The second kappa shape index (κ2) is 12.0. The van der Waals surface area contributed by atoms with E-state index in [2.05, 4.69) is 97.1 Å². The van der Waals surface area contributed by atoms with E-state index in [1.807, 2.05) is 0 Å². The topological polar surface area (TPSA) is 0 Å². The molecule has 148 valence electrons. The summed E-state index contributed by atoms with van der Waals surface area (Å²) in [6, 6.07) is 9.01. The van der Waals surface area contributed by atoms with Gasteiger partial charge in [-0.05, 0) is 30.3 Å². The molecule has 0 bridgehead atoms. The van der Waals surface area contributed by atoms with Crippen LogP contribution in [0, 0.1) is 22.9 Å². The van der Waals surface area contributed by atoms with Crippen molar-refractivity contribution in [1.82, 2.24) is 0 Å². The first-order valence-electron chi connectivity index (χ1n) is 10.5. The first kappa shape index (κ1) is 24.3. The quantitative estimate of drug-likeness (QED) is 0.209. The summed E-state index contributed by atoms with van der Waals surface area (Å²) in [4.78, 5) is 0. The van der Waals surface area contributed by atoms with Gasteiger partial charge in [-0.15, -0.1) is 11.1 Å². The maximum atomic E-state index is 3.64.